The first-order valence-corrected chi connectivity index (χ1v) is 7.88. The molecule has 0 radical (unpaired) electrons. The fourth-order valence-electron chi connectivity index (χ4n) is 2.94. The molecule has 1 aliphatic carbocycles. The predicted octanol–water partition coefficient (Wildman–Crippen LogP) is 1.66. The van der Waals surface area contributed by atoms with Crippen LogP contribution >= 0.6 is 0 Å². The van der Waals surface area contributed by atoms with Crippen LogP contribution < -0.4 is 5.32 Å². The van der Waals surface area contributed by atoms with Gasteiger partial charge in [0.1, 0.15) is 12.2 Å². The summed E-state index contributed by atoms with van der Waals surface area (Å²) >= 11 is 0. The zero-order chi connectivity index (χ0) is 15.4. The maximum Gasteiger partial charge on any atom is 0.242 e. The molecule has 1 aliphatic rings. The van der Waals surface area contributed by atoms with Gasteiger partial charge in [-0.2, -0.15) is 0 Å². The second-order valence-electron chi connectivity index (χ2n) is 6.21. The lowest BCUT2D eigenvalue weighted by molar-refractivity contribution is -0.123. The SMILES string of the molecule is CCC(O)c1cn(CC(=O)NC2CCCC(C)C2C)nn1. The van der Waals surface area contributed by atoms with Crippen LogP contribution in [0, 0.1) is 11.8 Å². The minimum atomic E-state index is -0.610. The Morgan fingerprint density at radius 3 is 3.00 bits per heavy atom. The average molecular weight is 294 g/mol. The fourth-order valence-corrected chi connectivity index (χ4v) is 2.94. The molecule has 2 N–H and O–H groups in total. The predicted molar refractivity (Wildman–Crippen MR) is 79.4 cm³/mol. The molecule has 4 atom stereocenters. The van der Waals surface area contributed by atoms with Gasteiger partial charge in [-0.3, -0.25) is 4.79 Å². The van der Waals surface area contributed by atoms with E-state index in [1.54, 1.807) is 6.20 Å². The van der Waals surface area contributed by atoms with Crippen molar-refractivity contribution in [3.05, 3.63) is 11.9 Å². The molecule has 0 saturated heterocycles. The second-order valence-corrected chi connectivity index (χ2v) is 6.21. The molecular weight excluding hydrogens is 268 g/mol. The Balaban J connectivity index is 1.88. The lowest BCUT2D eigenvalue weighted by Gasteiger charge is -2.34. The summed E-state index contributed by atoms with van der Waals surface area (Å²) in [5.41, 5.74) is 0.518. The zero-order valence-corrected chi connectivity index (χ0v) is 13.1. The number of aromatic nitrogens is 3. The Labute approximate surface area is 125 Å². The van der Waals surface area contributed by atoms with E-state index in [2.05, 4.69) is 29.5 Å². The molecule has 6 nitrogen and oxygen atoms in total. The lowest BCUT2D eigenvalue weighted by Crippen LogP contribution is -2.44. The smallest absolute Gasteiger partial charge is 0.242 e. The van der Waals surface area contributed by atoms with E-state index in [1.807, 2.05) is 6.92 Å². The van der Waals surface area contributed by atoms with Gasteiger partial charge in [-0.25, -0.2) is 4.68 Å². The number of aliphatic hydroxyl groups excluding tert-OH is 1. The van der Waals surface area contributed by atoms with Crippen LogP contribution in [-0.4, -0.2) is 32.0 Å². The quantitative estimate of drug-likeness (QED) is 0.865. The molecule has 0 aliphatic heterocycles. The third-order valence-electron chi connectivity index (χ3n) is 4.64. The van der Waals surface area contributed by atoms with Crippen LogP contribution in [0.5, 0.6) is 0 Å². The van der Waals surface area contributed by atoms with Gasteiger partial charge in [0.05, 0.1) is 12.3 Å². The Morgan fingerprint density at radius 1 is 1.52 bits per heavy atom. The highest BCUT2D eigenvalue weighted by Crippen LogP contribution is 2.29. The van der Waals surface area contributed by atoms with Gasteiger partial charge < -0.3 is 10.4 Å². The van der Waals surface area contributed by atoms with Crippen LogP contribution in [0.2, 0.25) is 0 Å². The van der Waals surface area contributed by atoms with E-state index in [1.165, 1.54) is 17.5 Å². The Kier molecular flexibility index (Phi) is 5.33. The van der Waals surface area contributed by atoms with Crippen molar-refractivity contribution in [2.75, 3.05) is 0 Å². The minimum absolute atomic E-state index is 0.0385. The monoisotopic (exact) mass is 294 g/mol. The molecule has 1 amide bonds. The number of hydrogen-bond acceptors (Lipinski definition) is 4. The van der Waals surface area contributed by atoms with Crippen molar-refractivity contribution in [3.63, 3.8) is 0 Å². The summed E-state index contributed by atoms with van der Waals surface area (Å²) < 4.78 is 1.49. The molecule has 1 heterocycles. The molecule has 118 valence electrons. The molecule has 0 spiro atoms. The fraction of sp³-hybridized carbons (Fsp3) is 0.800. The Morgan fingerprint density at radius 2 is 2.29 bits per heavy atom. The van der Waals surface area contributed by atoms with Gasteiger partial charge in [-0.1, -0.05) is 38.8 Å². The van der Waals surface area contributed by atoms with Crippen LogP contribution in [0.4, 0.5) is 0 Å². The maximum absolute atomic E-state index is 12.1. The van der Waals surface area contributed by atoms with Crippen molar-refractivity contribution in [2.45, 2.75) is 65.1 Å². The van der Waals surface area contributed by atoms with E-state index in [4.69, 9.17) is 0 Å². The molecule has 2 rings (SSSR count). The molecular formula is C15H26N4O2. The molecule has 1 aromatic rings. The van der Waals surface area contributed by atoms with Gasteiger partial charge in [0.2, 0.25) is 5.91 Å². The van der Waals surface area contributed by atoms with Crippen molar-refractivity contribution in [1.82, 2.24) is 20.3 Å². The first-order valence-electron chi connectivity index (χ1n) is 7.88. The van der Waals surface area contributed by atoms with Gasteiger partial charge >= 0.3 is 0 Å². The largest absolute Gasteiger partial charge is 0.387 e. The normalized spacial score (nSPS) is 27.3. The summed E-state index contributed by atoms with van der Waals surface area (Å²) in [6, 6.07) is 0.255. The van der Waals surface area contributed by atoms with Crippen molar-refractivity contribution >= 4 is 5.91 Å². The van der Waals surface area contributed by atoms with Gasteiger partial charge in [0, 0.05) is 6.04 Å². The minimum Gasteiger partial charge on any atom is -0.387 e. The third kappa shape index (κ3) is 4.03. The van der Waals surface area contributed by atoms with Crippen molar-refractivity contribution in [2.24, 2.45) is 11.8 Å². The molecule has 21 heavy (non-hydrogen) atoms. The summed E-state index contributed by atoms with van der Waals surface area (Å²) in [5.74, 6) is 1.13. The molecule has 1 saturated carbocycles. The Hall–Kier alpha value is -1.43. The van der Waals surface area contributed by atoms with Crippen LogP contribution in [0.15, 0.2) is 6.20 Å². The number of rotatable bonds is 5. The van der Waals surface area contributed by atoms with Gasteiger partial charge in [0.25, 0.3) is 0 Å². The first-order chi connectivity index (χ1) is 10.0. The Bertz CT molecular complexity index is 474. The number of nitrogens with zero attached hydrogens (tertiary/aromatic N) is 3. The number of nitrogens with one attached hydrogen (secondary N) is 1. The topological polar surface area (TPSA) is 80.0 Å². The van der Waals surface area contributed by atoms with E-state index in [0.29, 0.717) is 24.0 Å². The van der Waals surface area contributed by atoms with E-state index in [0.717, 1.165) is 6.42 Å². The number of carbonyl (C=O) groups excluding carboxylic acids is 1. The van der Waals surface area contributed by atoms with Crippen LogP contribution in [0.3, 0.4) is 0 Å². The van der Waals surface area contributed by atoms with Gasteiger partial charge in [0.15, 0.2) is 0 Å². The van der Waals surface area contributed by atoms with Crippen LogP contribution in [0.1, 0.15) is 58.3 Å². The highest BCUT2D eigenvalue weighted by Gasteiger charge is 2.28. The standard InChI is InChI=1S/C15H26N4O2/c1-4-14(20)13-8-19(18-17-13)9-15(21)16-12-7-5-6-10(2)11(12)3/h8,10-12,14,20H,4-7,9H2,1-3H3,(H,16,21). The van der Waals surface area contributed by atoms with Crippen LogP contribution in [0.25, 0.3) is 0 Å². The summed E-state index contributed by atoms with van der Waals surface area (Å²) in [7, 11) is 0. The highest BCUT2D eigenvalue weighted by atomic mass is 16.3. The summed E-state index contributed by atoms with van der Waals surface area (Å²) in [5, 5.41) is 20.6. The van der Waals surface area contributed by atoms with E-state index in [9.17, 15) is 9.90 Å². The number of carbonyl (C=O) groups is 1. The molecule has 1 fully saturated rings. The highest BCUT2D eigenvalue weighted by molar-refractivity contribution is 5.76. The van der Waals surface area contributed by atoms with Crippen LogP contribution in [-0.2, 0) is 11.3 Å². The van der Waals surface area contributed by atoms with E-state index in [-0.39, 0.29) is 18.5 Å². The number of hydrogen-bond donors (Lipinski definition) is 2. The van der Waals surface area contributed by atoms with E-state index < -0.39 is 6.10 Å². The first kappa shape index (κ1) is 15.9. The lowest BCUT2D eigenvalue weighted by atomic mass is 9.78. The average Bonchev–Trinajstić information content (AvgIpc) is 2.91. The summed E-state index contributed by atoms with van der Waals surface area (Å²) in [4.78, 5) is 12.1. The maximum atomic E-state index is 12.1. The van der Waals surface area contributed by atoms with Crippen molar-refractivity contribution < 1.29 is 9.90 Å². The second kappa shape index (κ2) is 7.02. The zero-order valence-electron chi connectivity index (χ0n) is 13.1. The van der Waals surface area contributed by atoms with Gasteiger partial charge in [-0.05, 0) is 24.7 Å². The van der Waals surface area contributed by atoms with Crippen molar-refractivity contribution in [3.8, 4) is 0 Å². The molecule has 0 bridgehead atoms. The summed E-state index contributed by atoms with van der Waals surface area (Å²) in [6.45, 7) is 6.49. The number of aliphatic hydroxyl groups is 1. The molecule has 1 aromatic heterocycles. The molecule has 4 unspecified atom stereocenters. The number of amides is 1. The third-order valence-corrected chi connectivity index (χ3v) is 4.64. The van der Waals surface area contributed by atoms with E-state index >= 15 is 0 Å². The summed E-state index contributed by atoms with van der Waals surface area (Å²) in [6.07, 6.45) is 5.08. The molecule has 0 aromatic carbocycles. The molecule has 6 heteroatoms. The van der Waals surface area contributed by atoms with Crippen molar-refractivity contribution in [1.29, 1.82) is 0 Å². The van der Waals surface area contributed by atoms with Gasteiger partial charge in [-0.15, -0.1) is 5.10 Å².